The van der Waals surface area contributed by atoms with Gasteiger partial charge in [-0.2, -0.15) is 5.10 Å². The number of pyridine rings is 1. The molecule has 0 radical (unpaired) electrons. The third kappa shape index (κ3) is 2.07. The summed E-state index contributed by atoms with van der Waals surface area (Å²) in [6.45, 7) is 4.30. The highest BCUT2D eigenvalue weighted by molar-refractivity contribution is 5.85. The molecule has 0 aromatic carbocycles. The van der Waals surface area contributed by atoms with Crippen molar-refractivity contribution in [2.45, 2.75) is 45.6 Å². The van der Waals surface area contributed by atoms with E-state index in [4.69, 9.17) is 4.74 Å². The Morgan fingerprint density at radius 3 is 2.83 bits per heavy atom. The molecule has 2 aromatic heterocycles. The summed E-state index contributed by atoms with van der Waals surface area (Å²) in [5.74, 6) is 1.57. The summed E-state index contributed by atoms with van der Waals surface area (Å²) in [5.41, 5.74) is 1.96. The van der Waals surface area contributed by atoms with E-state index in [1.807, 2.05) is 13.0 Å². The van der Waals surface area contributed by atoms with Crippen LogP contribution in [0, 0.1) is 12.8 Å². The molecule has 0 bridgehead atoms. The quantitative estimate of drug-likeness (QED) is 0.883. The summed E-state index contributed by atoms with van der Waals surface area (Å²) in [6.07, 6.45) is 6.87. The van der Waals surface area contributed by atoms with Gasteiger partial charge in [0.1, 0.15) is 6.10 Å². The smallest absolute Gasteiger partial charge is 0.225 e. The topological polar surface area (TPSA) is 50.8 Å². The van der Waals surface area contributed by atoms with E-state index in [-0.39, 0.29) is 0 Å². The third-order valence-electron chi connectivity index (χ3n) is 3.86. The number of hydrogen-bond donors (Lipinski definition) is 1. The van der Waals surface area contributed by atoms with E-state index in [9.17, 15) is 0 Å². The summed E-state index contributed by atoms with van der Waals surface area (Å²) >= 11 is 0. The van der Waals surface area contributed by atoms with Crippen molar-refractivity contribution in [1.29, 1.82) is 0 Å². The second kappa shape index (κ2) is 4.59. The maximum atomic E-state index is 6.08. The van der Waals surface area contributed by atoms with Crippen molar-refractivity contribution in [1.82, 2.24) is 15.2 Å². The molecule has 1 aliphatic carbocycles. The minimum Gasteiger partial charge on any atom is -0.474 e. The number of aromatic amines is 1. The summed E-state index contributed by atoms with van der Waals surface area (Å²) in [5, 5.41) is 8.24. The lowest BCUT2D eigenvalue weighted by atomic mass is 9.89. The van der Waals surface area contributed by atoms with Gasteiger partial charge in [0.15, 0.2) is 0 Å². The fourth-order valence-corrected chi connectivity index (χ4v) is 2.68. The van der Waals surface area contributed by atoms with Crippen molar-refractivity contribution in [3.05, 3.63) is 18.0 Å². The van der Waals surface area contributed by atoms with Gasteiger partial charge in [0.05, 0.1) is 16.6 Å². The van der Waals surface area contributed by atoms with E-state index in [1.54, 1.807) is 6.20 Å². The van der Waals surface area contributed by atoms with Gasteiger partial charge in [0.25, 0.3) is 0 Å². The van der Waals surface area contributed by atoms with Crippen molar-refractivity contribution in [2.75, 3.05) is 0 Å². The molecule has 0 unspecified atom stereocenters. The van der Waals surface area contributed by atoms with Crippen LogP contribution in [-0.2, 0) is 0 Å². The van der Waals surface area contributed by atoms with Gasteiger partial charge in [-0.3, -0.25) is 5.10 Å². The number of aromatic nitrogens is 3. The van der Waals surface area contributed by atoms with Gasteiger partial charge >= 0.3 is 0 Å². The van der Waals surface area contributed by atoms with Gasteiger partial charge in [-0.15, -0.1) is 0 Å². The van der Waals surface area contributed by atoms with Crippen molar-refractivity contribution in [2.24, 2.45) is 5.92 Å². The average Bonchev–Trinajstić information content (AvgIpc) is 2.75. The lowest BCUT2D eigenvalue weighted by Gasteiger charge is -2.26. The lowest BCUT2D eigenvalue weighted by Crippen LogP contribution is -2.23. The van der Waals surface area contributed by atoms with Gasteiger partial charge in [-0.1, -0.05) is 6.92 Å². The predicted octanol–water partition coefficient (Wildman–Crippen LogP) is 3.22. The van der Waals surface area contributed by atoms with Crippen LogP contribution in [0.5, 0.6) is 5.88 Å². The minimum atomic E-state index is 0.314. The number of fused-ring (bicyclic) bond motifs is 1. The molecule has 0 spiro atoms. The molecule has 1 saturated carbocycles. The SMILES string of the molecule is Cc1n[nH]c2ccnc(O[C@H]3CC[C@H](C)CC3)c12. The molecule has 2 aromatic rings. The van der Waals surface area contributed by atoms with Crippen LogP contribution in [0.4, 0.5) is 0 Å². The van der Waals surface area contributed by atoms with Crippen molar-refractivity contribution in [3.8, 4) is 5.88 Å². The molecular weight excluding hydrogens is 226 g/mol. The largest absolute Gasteiger partial charge is 0.474 e. The van der Waals surface area contributed by atoms with Gasteiger partial charge in [-0.25, -0.2) is 4.98 Å². The summed E-state index contributed by atoms with van der Waals surface area (Å²) < 4.78 is 6.08. The van der Waals surface area contributed by atoms with E-state index in [0.717, 1.165) is 41.2 Å². The first-order valence-electron chi connectivity index (χ1n) is 6.70. The molecule has 18 heavy (non-hydrogen) atoms. The molecule has 96 valence electrons. The van der Waals surface area contributed by atoms with Crippen molar-refractivity contribution in [3.63, 3.8) is 0 Å². The Morgan fingerprint density at radius 2 is 2.06 bits per heavy atom. The van der Waals surface area contributed by atoms with E-state index in [1.165, 1.54) is 12.8 Å². The van der Waals surface area contributed by atoms with Crippen molar-refractivity contribution < 1.29 is 4.74 Å². The highest BCUT2D eigenvalue weighted by Crippen LogP contribution is 2.30. The molecular formula is C14H19N3O. The number of hydrogen-bond acceptors (Lipinski definition) is 3. The zero-order valence-electron chi connectivity index (χ0n) is 10.9. The fourth-order valence-electron chi connectivity index (χ4n) is 2.68. The van der Waals surface area contributed by atoms with Crippen molar-refractivity contribution >= 4 is 10.9 Å². The first-order valence-corrected chi connectivity index (χ1v) is 6.70. The monoisotopic (exact) mass is 245 g/mol. The highest BCUT2D eigenvalue weighted by atomic mass is 16.5. The second-order valence-corrected chi connectivity index (χ2v) is 5.35. The maximum absolute atomic E-state index is 6.08. The predicted molar refractivity (Wildman–Crippen MR) is 70.7 cm³/mol. The van der Waals surface area contributed by atoms with Crippen LogP contribution in [0.25, 0.3) is 10.9 Å². The van der Waals surface area contributed by atoms with Gasteiger partial charge in [-0.05, 0) is 44.6 Å². The molecule has 0 atom stereocenters. The first-order chi connectivity index (χ1) is 8.74. The first kappa shape index (κ1) is 11.5. The summed E-state index contributed by atoms with van der Waals surface area (Å²) in [7, 11) is 0. The fraction of sp³-hybridized carbons (Fsp3) is 0.571. The molecule has 0 amide bonds. The van der Waals surface area contributed by atoms with Crippen LogP contribution in [0.2, 0.25) is 0 Å². The molecule has 1 fully saturated rings. The van der Waals surface area contributed by atoms with Gasteiger partial charge in [0.2, 0.25) is 5.88 Å². The van der Waals surface area contributed by atoms with E-state index in [2.05, 4.69) is 22.1 Å². The number of nitrogens with zero attached hydrogens (tertiary/aromatic N) is 2. The van der Waals surface area contributed by atoms with Crippen LogP contribution in [0.3, 0.4) is 0 Å². The molecule has 2 heterocycles. The van der Waals surface area contributed by atoms with Crippen LogP contribution < -0.4 is 4.74 Å². The molecule has 4 heteroatoms. The standard InChI is InChI=1S/C14H19N3O/c1-9-3-5-11(6-4-9)18-14-13-10(2)16-17-12(13)7-8-15-14/h7-9,11H,3-6H2,1-2H3,(H,16,17)/t9-,11-. The molecule has 4 nitrogen and oxygen atoms in total. The molecule has 0 saturated heterocycles. The van der Waals surface area contributed by atoms with E-state index < -0.39 is 0 Å². The normalized spacial score (nSPS) is 24.3. The summed E-state index contributed by atoms with van der Waals surface area (Å²) in [4.78, 5) is 4.37. The number of H-pyrrole nitrogens is 1. The zero-order valence-corrected chi connectivity index (χ0v) is 10.9. The Kier molecular flexibility index (Phi) is 2.94. The van der Waals surface area contributed by atoms with E-state index in [0.29, 0.717) is 6.10 Å². The maximum Gasteiger partial charge on any atom is 0.225 e. The Morgan fingerprint density at radius 1 is 1.28 bits per heavy atom. The highest BCUT2D eigenvalue weighted by Gasteiger charge is 2.21. The molecule has 3 rings (SSSR count). The average molecular weight is 245 g/mol. The Labute approximate surface area is 107 Å². The lowest BCUT2D eigenvalue weighted by molar-refractivity contribution is 0.132. The Balaban J connectivity index is 1.84. The van der Waals surface area contributed by atoms with Gasteiger partial charge in [0, 0.05) is 6.20 Å². The summed E-state index contributed by atoms with van der Waals surface area (Å²) in [6, 6.07) is 1.94. The molecule has 1 N–H and O–H groups in total. The third-order valence-corrected chi connectivity index (χ3v) is 3.86. The van der Waals surface area contributed by atoms with Gasteiger partial charge < -0.3 is 4.74 Å². The Hall–Kier alpha value is -1.58. The van der Waals surface area contributed by atoms with Crippen LogP contribution in [0.1, 0.15) is 38.3 Å². The second-order valence-electron chi connectivity index (χ2n) is 5.35. The molecule has 1 aliphatic rings. The minimum absolute atomic E-state index is 0.314. The number of ether oxygens (including phenoxy) is 1. The van der Waals surface area contributed by atoms with E-state index >= 15 is 0 Å². The number of nitrogens with one attached hydrogen (secondary N) is 1. The number of rotatable bonds is 2. The molecule has 0 aliphatic heterocycles. The zero-order chi connectivity index (χ0) is 12.5. The number of aryl methyl sites for hydroxylation is 1. The van der Waals surface area contributed by atoms with Crippen LogP contribution in [-0.4, -0.2) is 21.3 Å². The van der Waals surface area contributed by atoms with Crippen LogP contribution in [0.15, 0.2) is 12.3 Å². The van der Waals surface area contributed by atoms with Crippen LogP contribution >= 0.6 is 0 Å². The Bertz CT molecular complexity index is 541.